The van der Waals surface area contributed by atoms with Crippen LogP contribution in [0.1, 0.15) is 23.2 Å². The maximum Gasteiger partial charge on any atom is 0.223 e. The summed E-state index contributed by atoms with van der Waals surface area (Å²) in [6.07, 6.45) is 2.14. The lowest BCUT2D eigenvalue weighted by molar-refractivity contribution is -0.125. The number of amides is 1. The third kappa shape index (κ3) is 3.14. The number of hydrogen-bond donors (Lipinski definition) is 2. The van der Waals surface area contributed by atoms with E-state index in [9.17, 15) is 13.6 Å². The first-order valence-corrected chi connectivity index (χ1v) is 8.41. The molecule has 3 nitrogen and oxygen atoms in total. The molecule has 1 unspecified atom stereocenters. The van der Waals surface area contributed by atoms with E-state index in [1.807, 2.05) is 0 Å². The Labute approximate surface area is 144 Å². The SMILES string of the molecule is O=C(NCc1ccc(F)cc1)C1CCc2[nH]c3ccc(F)cc3c2C1. The van der Waals surface area contributed by atoms with E-state index in [1.54, 1.807) is 18.2 Å². The molecule has 0 saturated carbocycles. The van der Waals surface area contributed by atoms with Gasteiger partial charge in [-0.05, 0) is 60.7 Å². The van der Waals surface area contributed by atoms with Gasteiger partial charge in [-0.15, -0.1) is 0 Å². The van der Waals surface area contributed by atoms with E-state index < -0.39 is 0 Å². The smallest absolute Gasteiger partial charge is 0.223 e. The minimum atomic E-state index is -0.290. The highest BCUT2D eigenvalue weighted by atomic mass is 19.1. The van der Waals surface area contributed by atoms with Crippen LogP contribution in [0.5, 0.6) is 0 Å². The molecule has 1 atom stereocenters. The molecule has 1 heterocycles. The molecule has 2 aromatic carbocycles. The molecule has 0 spiro atoms. The topological polar surface area (TPSA) is 44.9 Å². The Morgan fingerprint density at radius 1 is 1.12 bits per heavy atom. The van der Waals surface area contributed by atoms with Crippen LogP contribution >= 0.6 is 0 Å². The van der Waals surface area contributed by atoms with Gasteiger partial charge in [-0.2, -0.15) is 0 Å². The van der Waals surface area contributed by atoms with E-state index >= 15 is 0 Å². The first kappa shape index (κ1) is 15.8. The van der Waals surface area contributed by atoms with Crippen LogP contribution < -0.4 is 5.32 Å². The molecule has 128 valence electrons. The Morgan fingerprint density at radius 2 is 1.88 bits per heavy atom. The van der Waals surface area contributed by atoms with Crippen molar-refractivity contribution in [1.82, 2.24) is 10.3 Å². The highest BCUT2D eigenvalue weighted by Crippen LogP contribution is 2.32. The average Bonchev–Trinajstić information content (AvgIpc) is 2.98. The van der Waals surface area contributed by atoms with Gasteiger partial charge in [0.25, 0.3) is 0 Å². The second-order valence-corrected chi connectivity index (χ2v) is 6.56. The van der Waals surface area contributed by atoms with Crippen LogP contribution in [0.4, 0.5) is 8.78 Å². The summed E-state index contributed by atoms with van der Waals surface area (Å²) in [7, 11) is 0. The van der Waals surface area contributed by atoms with Gasteiger partial charge >= 0.3 is 0 Å². The van der Waals surface area contributed by atoms with Gasteiger partial charge in [-0.3, -0.25) is 4.79 Å². The summed E-state index contributed by atoms with van der Waals surface area (Å²) in [5, 5.41) is 3.79. The summed E-state index contributed by atoms with van der Waals surface area (Å²) in [5.41, 5.74) is 3.92. The number of carbonyl (C=O) groups is 1. The lowest BCUT2D eigenvalue weighted by Gasteiger charge is -2.22. The summed E-state index contributed by atoms with van der Waals surface area (Å²) >= 11 is 0. The van der Waals surface area contributed by atoms with Crippen LogP contribution in [0.3, 0.4) is 0 Å². The Balaban J connectivity index is 1.47. The van der Waals surface area contributed by atoms with Crippen molar-refractivity contribution in [2.75, 3.05) is 0 Å². The van der Waals surface area contributed by atoms with Gasteiger partial charge in [0.2, 0.25) is 5.91 Å². The fraction of sp³-hybridized carbons (Fsp3) is 0.250. The first-order valence-electron chi connectivity index (χ1n) is 8.41. The van der Waals surface area contributed by atoms with Gasteiger partial charge in [0.1, 0.15) is 11.6 Å². The van der Waals surface area contributed by atoms with Gasteiger partial charge in [-0.1, -0.05) is 12.1 Å². The van der Waals surface area contributed by atoms with E-state index in [2.05, 4.69) is 10.3 Å². The minimum Gasteiger partial charge on any atom is -0.358 e. The summed E-state index contributed by atoms with van der Waals surface area (Å²) in [6, 6.07) is 10.8. The Morgan fingerprint density at radius 3 is 2.68 bits per heavy atom. The maximum atomic E-state index is 13.6. The predicted molar refractivity (Wildman–Crippen MR) is 92.0 cm³/mol. The number of aryl methyl sites for hydroxylation is 1. The van der Waals surface area contributed by atoms with Crippen LogP contribution in [-0.4, -0.2) is 10.9 Å². The highest BCUT2D eigenvalue weighted by molar-refractivity contribution is 5.87. The van der Waals surface area contributed by atoms with Crippen molar-refractivity contribution < 1.29 is 13.6 Å². The molecule has 3 aromatic rings. The molecule has 1 aliphatic rings. The van der Waals surface area contributed by atoms with Crippen molar-refractivity contribution in [3.8, 4) is 0 Å². The Kier molecular flexibility index (Phi) is 3.99. The predicted octanol–water partition coefficient (Wildman–Crippen LogP) is 3.87. The number of benzene rings is 2. The molecule has 5 heteroatoms. The zero-order valence-corrected chi connectivity index (χ0v) is 13.6. The van der Waals surface area contributed by atoms with Crippen molar-refractivity contribution >= 4 is 16.8 Å². The molecule has 1 aromatic heterocycles. The van der Waals surface area contributed by atoms with Gasteiger partial charge < -0.3 is 10.3 Å². The second kappa shape index (κ2) is 6.31. The molecule has 25 heavy (non-hydrogen) atoms. The monoisotopic (exact) mass is 340 g/mol. The number of halogens is 2. The zero-order chi connectivity index (χ0) is 17.4. The zero-order valence-electron chi connectivity index (χ0n) is 13.6. The molecule has 1 amide bonds. The number of rotatable bonds is 3. The van der Waals surface area contributed by atoms with E-state index in [1.165, 1.54) is 24.3 Å². The third-order valence-electron chi connectivity index (χ3n) is 4.90. The summed E-state index contributed by atoms with van der Waals surface area (Å²) in [6.45, 7) is 0.380. The number of fused-ring (bicyclic) bond motifs is 3. The molecule has 0 fully saturated rings. The molecular weight excluding hydrogens is 322 g/mol. The van der Waals surface area contributed by atoms with Crippen molar-refractivity contribution in [3.63, 3.8) is 0 Å². The van der Waals surface area contributed by atoms with E-state index in [-0.39, 0.29) is 23.5 Å². The van der Waals surface area contributed by atoms with Crippen LogP contribution in [-0.2, 0) is 24.2 Å². The number of carbonyl (C=O) groups excluding carboxylic acids is 1. The largest absolute Gasteiger partial charge is 0.358 e. The number of aromatic nitrogens is 1. The number of hydrogen-bond acceptors (Lipinski definition) is 1. The van der Waals surface area contributed by atoms with E-state index in [0.29, 0.717) is 13.0 Å². The quantitative estimate of drug-likeness (QED) is 0.747. The van der Waals surface area contributed by atoms with Gasteiger partial charge in [0.05, 0.1) is 0 Å². The van der Waals surface area contributed by atoms with Gasteiger partial charge in [0, 0.05) is 29.1 Å². The molecule has 4 rings (SSSR count). The van der Waals surface area contributed by atoms with Gasteiger partial charge in [0.15, 0.2) is 0 Å². The van der Waals surface area contributed by atoms with Gasteiger partial charge in [-0.25, -0.2) is 8.78 Å². The van der Waals surface area contributed by atoms with Crippen LogP contribution in [0.25, 0.3) is 10.9 Å². The van der Waals surface area contributed by atoms with Crippen LogP contribution in [0.2, 0.25) is 0 Å². The molecule has 0 radical (unpaired) electrons. The maximum absolute atomic E-state index is 13.6. The fourth-order valence-electron chi connectivity index (χ4n) is 3.55. The second-order valence-electron chi connectivity index (χ2n) is 6.56. The summed E-state index contributed by atoms with van der Waals surface area (Å²) in [4.78, 5) is 15.8. The Hall–Kier alpha value is -2.69. The molecular formula is C20H18F2N2O. The summed E-state index contributed by atoms with van der Waals surface area (Å²) in [5.74, 6) is -0.699. The standard InChI is InChI=1S/C20H18F2N2O/c21-14-4-1-12(2-5-14)11-23-20(25)13-3-7-18-16(9-13)17-10-15(22)6-8-19(17)24-18/h1-2,4-6,8,10,13,24H,3,7,9,11H2,(H,23,25). The lowest BCUT2D eigenvalue weighted by Crippen LogP contribution is -2.33. The van der Waals surface area contributed by atoms with Crippen LogP contribution in [0, 0.1) is 17.6 Å². The fourth-order valence-corrected chi connectivity index (χ4v) is 3.55. The third-order valence-corrected chi connectivity index (χ3v) is 4.90. The minimum absolute atomic E-state index is 0.0132. The molecule has 2 N–H and O–H groups in total. The van der Waals surface area contributed by atoms with Crippen molar-refractivity contribution in [3.05, 3.63) is 70.9 Å². The number of H-pyrrole nitrogens is 1. The first-order chi connectivity index (χ1) is 12.1. The van der Waals surface area contributed by atoms with Crippen molar-refractivity contribution in [2.24, 2.45) is 5.92 Å². The van der Waals surface area contributed by atoms with Crippen molar-refractivity contribution in [2.45, 2.75) is 25.8 Å². The molecule has 1 aliphatic carbocycles. The molecule has 0 bridgehead atoms. The molecule has 0 aliphatic heterocycles. The van der Waals surface area contributed by atoms with E-state index in [0.717, 1.165) is 40.6 Å². The van der Waals surface area contributed by atoms with Crippen molar-refractivity contribution in [1.29, 1.82) is 0 Å². The lowest BCUT2D eigenvalue weighted by atomic mass is 9.86. The number of nitrogens with one attached hydrogen (secondary N) is 2. The number of aromatic amines is 1. The summed E-state index contributed by atoms with van der Waals surface area (Å²) < 4.78 is 26.5. The van der Waals surface area contributed by atoms with E-state index in [4.69, 9.17) is 0 Å². The highest BCUT2D eigenvalue weighted by Gasteiger charge is 2.27. The molecule has 0 saturated heterocycles. The Bertz CT molecular complexity index is 931. The average molecular weight is 340 g/mol. The normalized spacial score (nSPS) is 16.6. The van der Waals surface area contributed by atoms with Crippen LogP contribution in [0.15, 0.2) is 42.5 Å².